The van der Waals surface area contributed by atoms with Crippen LogP contribution in [0.25, 0.3) is 0 Å². The predicted molar refractivity (Wildman–Crippen MR) is 120 cm³/mol. The summed E-state index contributed by atoms with van der Waals surface area (Å²) in [5, 5.41) is 14.2. The molecule has 5 amide bonds. The number of hydrogen-bond acceptors (Lipinski definition) is 6. The molecule has 2 fully saturated rings. The first kappa shape index (κ1) is 27.1. The molecule has 0 aliphatic carbocycles. The van der Waals surface area contributed by atoms with Crippen molar-refractivity contribution in [3.63, 3.8) is 0 Å². The van der Waals surface area contributed by atoms with Crippen molar-refractivity contribution in [3.8, 4) is 0 Å². The van der Waals surface area contributed by atoms with E-state index in [1.807, 2.05) is 6.92 Å². The second-order valence-electron chi connectivity index (χ2n) is 8.12. The first-order valence-electron chi connectivity index (χ1n) is 11.1. The topological polar surface area (TPSA) is 156 Å². The summed E-state index contributed by atoms with van der Waals surface area (Å²) in [7, 11) is 0. The van der Waals surface area contributed by atoms with Crippen LogP contribution in [0.4, 0.5) is 4.79 Å². The number of carbonyl (C=O) groups excluding carboxylic acids is 5. The van der Waals surface area contributed by atoms with Gasteiger partial charge in [-0.2, -0.15) is 0 Å². The first-order valence-corrected chi connectivity index (χ1v) is 11.5. The molecule has 0 radical (unpaired) electrons. The van der Waals surface area contributed by atoms with Crippen molar-refractivity contribution in [3.05, 3.63) is 11.6 Å². The smallest absolute Gasteiger partial charge is 0.358 e. The largest absolute Gasteiger partial charge is 0.481 e. The highest BCUT2D eigenvalue weighted by molar-refractivity contribution is 6.20. The number of allylic oxidation sites excluding steroid dienone is 1. The Balaban J connectivity index is 2.20. The highest BCUT2D eigenvalue weighted by Gasteiger charge is 2.44. The number of alkyl halides is 1. The van der Waals surface area contributed by atoms with E-state index in [-0.39, 0.29) is 31.3 Å². The van der Waals surface area contributed by atoms with Crippen LogP contribution in [0.5, 0.6) is 0 Å². The lowest BCUT2D eigenvalue weighted by Gasteiger charge is -2.42. The number of nitrogens with one attached hydrogen (secondary N) is 2. The van der Waals surface area contributed by atoms with Crippen LogP contribution < -0.4 is 10.7 Å². The van der Waals surface area contributed by atoms with Crippen LogP contribution in [0.3, 0.4) is 0 Å². The van der Waals surface area contributed by atoms with Crippen molar-refractivity contribution in [1.29, 1.82) is 0 Å². The molecule has 12 nitrogen and oxygen atoms in total. The number of carboxylic acid groups (broad SMARTS) is 1. The van der Waals surface area contributed by atoms with Crippen LogP contribution in [-0.4, -0.2) is 86.7 Å². The van der Waals surface area contributed by atoms with Crippen molar-refractivity contribution < 1.29 is 33.9 Å². The summed E-state index contributed by atoms with van der Waals surface area (Å²) in [4.78, 5) is 73.5. The minimum atomic E-state index is -1.28. The van der Waals surface area contributed by atoms with Gasteiger partial charge in [0.25, 0.3) is 5.91 Å². The Bertz CT molecular complexity index is 864. The fourth-order valence-electron chi connectivity index (χ4n) is 3.59. The molecule has 0 saturated carbocycles. The molecule has 34 heavy (non-hydrogen) atoms. The number of hydrogen-bond donors (Lipinski definition) is 3. The molecule has 188 valence electrons. The molecule has 2 unspecified atom stereocenters. The number of hydrazine groups is 2. The SMILES string of the molecule is CCC(Cl)C/C=C(\C)C(=O)NN1CCC(=O)N2CCCC(C(=O)N[C@H](C=O)CC(=O)O)N2C1=O. The molecule has 0 aromatic carbocycles. The van der Waals surface area contributed by atoms with Gasteiger partial charge in [0.1, 0.15) is 12.3 Å². The molecule has 2 aliphatic rings. The minimum absolute atomic E-state index is 0.0742. The lowest BCUT2D eigenvalue weighted by molar-refractivity contribution is -0.155. The normalized spacial score (nSPS) is 20.7. The van der Waals surface area contributed by atoms with Gasteiger partial charge in [0.05, 0.1) is 19.0 Å². The number of aliphatic carboxylic acids is 1. The highest BCUT2D eigenvalue weighted by Crippen LogP contribution is 2.24. The average molecular weight is 500 g/mol. The third-order valence-corrected chi connectivity index (χ3v) is 6.06. The maximum atomic E-state index is 13.3. The number of urea groups is 1. The van der Waals surface area contributed by atoms with E-state index in [0.29, 0.717) is 24.7 Å². The van der Waals surface area contributed by atoms with E-state index in [4.69, 9.17) is 16.7 Å². The standard InChI is InChI=1S/C21H30ClN5O7/c1-3-14(22)7-6-13(2)19(32)24-25-10-8-17(29)26-9-4-5-16(27(26)21(25)34)20(33)23-15(12-28)11-18(30)31/h6,12,14-16H,3-5,7-11H2,1-2H3,(H,23,33)(H,24,32)(H,30,31)/b13-6+/t14?,15-,16?/m0/s1. The number of carboxylic acids is 1. The Morgan fingerprint density at radius 3 is 2.59 bits per heavy atom. The van der Waals surface area contributed by atoms with Crippen LogP contribution in [0.15, 0.2) is 11.6 Å². The summed E-state index contributed by atoms with van der Waals surface area (Å²) >= 11 is 6.08. The van der Waals surface area contributed by atoms with E-state index < -0.39 is 48.2 Å². The maximum Gasteiger partial charge on any atom is 0.358 e. The van der Waals surface area contributed by atoms with Crippen molar-refractivity contribution in [1.82, 2.24) is 25.8 Å². The minimum Gasteiger partial charge on any atom is -0.481 e. The zero-order chi connectivity index (χ0) is 25.4. The van der Waals surface area contributed by atoms with E-state index in [2.05, 4.69) is 10.7 Å². The number of fused-ring (bicyclic) bond motifs is 1. The maximum absolute atomic E-state index is 13.3. The van der Waals surface area contributed by atoms with E-state index in [1.165, 1.54) is 0 Å². The highest BCUT2D eigenvalue weighted by atomic mass is 35.5. The fourth-order valence-corrected chi connectivity index (χ4v) is 3.68. The molecule has 2 saturated heterocycles. The Morgan fingerprint density at radius 2 is 1.97 bits per heavy atom. The number of aldehydes is 1. The quantitative estimate of drug-likeness (QED) is 0.225. The summed E-state index contributed by atoms with van der Waals surface area (Å²) < 4.78 is 0. The molecule has 0 aromatic heterocycles. The number of carbonyl (C=O) groups is 6. The summed E-state index contributed by atoms with van der Waals surface area (Å²) in [6.07, 6.45) is 3.08. The molecule has 13 heteroatoms. The van der Waals surface area contributed by atoms with E-state index >= 15 is 0 Å². The summed E-state index contributed by atoms with van der Waals surface area (Å²) in [5.41, 5.74) is 2.83. The Morgan fingerprint density at radius 1 is 1.26 bits per heavy atom. The molecule has 2 rings (SSSR count). The number of rotatable bonds is 10. The predicted octanol–water partition coefficient (Wildman–Crippen LogP) is 0.564. The monoisotopic (exact) mass is 499 g/mol. The van der Waals surface area contributed by atoms with Gasteiger partial charge in [-0.1, -0.05) is 13.0 Å². The summed E-state index contributed by atoms with van der Waals surface area (Å²) in [6, 6.07) is -3.22. The third-order valence-electron chi connectivity index (χ3n) is 5.57. The zero-order valence-electron chi connectivity index (χ0n) is 19.2. The van der Waals surface area contributed by atoms with Gasteiger partial charge in [-0.05, 0) is 32.6 Å². The second-order valence-corrected chi connectivity index (χ2v) is 8.74. The number of nitrogens with zero attached hydrogens (tertiary/aromatic N) is 3. The molecule has 0 spiro atoms. The van der Waals surface area contributed by atoms with E-state index in [1.54, 1.807) is 13.0 Å². The van der Waals surface area contributed by atoms with Crippen molar-refractivity contribution in [2.75, 3.05) is 13.1 Å². The van der Waals surface area contributed by atoms with Gasteiger partial charge in [0.15, 0.2) is 0 Å². The molecule has 3 atom stereocenters. The molecule has 2 heterocycles. The molecular weight excluding hydrogens is 470 g/mol. The van der Waals surface area contributed by atoms with Crippen LogP contribution in [-0.2, 0) is 24.0 Å². The van der Waals surface area contributed by atoms with Crippen molar-refractivity contribution >= 4 is 47.6 Å². The van der Waals surface area contributed by atoms with Gasteiger partial charge in [0, 0.05) is 23.9 Å². The molecular formula is C21H30ClN5O7. The van der Waals surface area contributed by atoms with Gasteiger partial charge in [0.2, 0.25) is 11.8 Å². The number of amides is 5. The Kier molecular flexibility index (Phi) is 9.84. The molecule has 0 aromatic rings. The lowest BCUT2D eigenvalue weighted by atomic mass is 10.1. The fraction of sp³-hybridized carbons (Fsp3) is 0.619. The average Bonchev–Trinajstić information content (AvgIpc) is 2.93. The third kappa shape index (κ3) is 6.92. The van der Waals surface area contributed by atoms with E-state index in [9.17, 15) is 28.8 Å². The zero-order valence-corrected chi connectivity index (χ0v) is 19.9. The molecule has 3 N–H and O–H groups in total. The van der Waals surface area contributed by atoms with Crippen LogP contribution in [0, 0.1) is 0 Å². The van der Waals surface area contributed by atoms with Gasteiger partial charge in [-0.15, -0.1) is 11.6 Å². The van der Waals surface area contributed by atoms with E-state index in [0.717, 1.165) is 21.4 Å². The second kappa shape index (κ2) is 12.4. The molecule has 2 aliphatic heterocycles. The van der Waals surface area contributed by atoms with Gasteiger partial charge in [-0.25, -0.2) is 19.8 Å². The van der Waals surface area contributed by atoms with Crippen LogP contribution >= 0.6 is 11.6 Å². The van der Waals surface area contributed by atoms with Gasteiger partial charge in [-0.3, -0.25) is 24.6 Å². The van der Waals surface area contributed by atoms with Crippen LogP contribution in [0.1, 0.15) is 52.4 Å². The lowest BCUT2D eigenvalue weighted by Crippen LogP contribution is -2.64. The summed E-state index contributed by atoms with van der Waals surface area (Å²) in [5.74, 6) is -2.99. The Labute approximate surface area is 202 Å². The summed E-state index contributed by atoms with van der Waals surface area (Å²) in [6.45, 7) is 3.60. The van der Waals surface area contributed by atoms with Crippen LogP contribution in [0.2, 0.25) is 0 Å². The van der Waals surface area contributed by atoms with Gasteiger partial charge < -0.3 is 15.2 Å². The van der Waals surface area contributed by atoms with Gasteiger partial charge >= 0.3 is 12.0 Å². The first-order chi connectivity index (χ1) is 16.1. The Hall–Kier alpha value is -3.15. The van der Waals surface area contributed by atoms with Crippen molar-refractivity contribution in [2.45, 2.75) is 69.8 Å². The van der Waals surface area contributed by atoms with Crippen molar-refractivity contribution in [2.24, 2.45) is 0 Å². The molecule has 0 bridgehead atoms. The number of halogens is 1.